The maximum atomic E-state index is 5.24. The number of rotatable bonds is 8. The zero-order chi connectivity index (χ0) is 12.7. The minimum absolute atomic E-state index is 0.261. The summed E-state index contributed by atoms with van der Waals surface area (Å²) in [5.74, 6) is 0. The Labute approximate surface area is 109 Å². The summed E-state index contributed by atoms with van der Waals surface area (Å²) in [7, 11) is 1.75. The van der Waals surface area contributed by atoms with E-state index in [4.69, 9.17) is 4.74 Å². The van der Waals surface area contributed by atoms with Crippen molar-refractivity contribution in [2.24, 2.45) is 0 Å². The van der Waals surface area contributed by atoms with E-state index in [1.54, 1.807) is 18.4 Å². The smallest absolute Gasteiger partial charge is 0.0954 e. The maximum Gasteiger partial charge on any atom is 0.0954 e. The lowest BCUT2D eigenvalue weighted by atomic mass is 10.2. The molecule has 0 radical (unpaired) electrons. The van der Waals surface area contributed by atoms with Crippen molar-refractivity contribution in [1.82, 2.24) is 10.3 Å². The maximum absolute atomic E-state index is 5.24. The van der Waals surface area contributed by atoms with Crippen molar-refractivity contribution in [1.29, 1.82) is 0 Å². The summed E-state index contributed by atoms with van der Waals surface area (Å²) >= 11 is 1.75. The first kappa shape index (κ1) is 14.6. The van der Waals surface area contributed by atoms with E-state index in [9.17, 15) is 0 Å². The number of nitrogens with one attached hydrogen (secondary N) is 1. The van der Waals surface area contributed by atoms with Crippen LogP contribution in [-0.4, -0.2) is 30.8 Å². The third kappa shape index (κ3) is 6.15. The Morgan fingerprint density at radius 3 is 2.82 bits per heavy atom. The SMILES string of the molecule is COC(C)Cc1nc(CCCNC(C)C)cs1. The number of aryl methyl sites for hydroxylation is 1. The molecule has 1 aromatic rings. The molecule has 0 fully saturated rings. The fourth-order valence-electron chi connectivity index (χ4n) is 1.55. The van der Waals surface area contributed by atoms with Gasteiger partial charge < -0.3 is 10.1 Å². The Morgan fingerprint density at radius 2 is 2.18 bits per heavy atom. The van der Waals surface area contributed by atoms with Crippen LogP contribution in [0.15, 0.2) is 5.38 Å². The Hall–Kier alpha value is -0.450. The van der Waals surface area contributed by atoms with Crippen LogP contribution < -0.4 is 5.32 Å². The zero-order valence-electron chi connectivity index (χ0n) is 11.3. The molecule has 0 aliphatic carbocycles. The summed E-state index contributed by atoms with van der Waals surface area (Å²) in [6.07, 6.45) is 3.40. The van der Waals surface area contributed by atoms with E-state index in [1.165, 1.54) is 10.7 Å². The van der Waals surface area contributed by atoms with Gasteiger partial charge in [0.25, 0.3) is 0 Å². The van der Waals surface area contributed by atoms with Gasteiger partial charge in [-0.05, 0) is 26.3 Å². The van der Waals surface area contributed by atoms with Crippen LogP contribution in [0.25, 0.3) is 0 Å². The molecular formula is C13H24N2OS. The van der Waals surface area contributed by atoms with Crippen molar-refractivity contribution in [3.63, 3.8) is 0 Å². The van der Waals surface area contributed by atoms with E-state index in [-0.39, 0.29) is 6.10 Å². The summed E-state index contributed by atoms with van der Waals surface area (Å²) in [5.41, 5.74) is 1.22. The van der Waals surface area contributed by atoms with Crippen LogP contribution in [0.1, 0.15) is 37.9 Å². The van der Waals surface area contributed by atoms with Crippen LogP contribution in [0.4, 0.5) is 0 Å². The number of ether oxygens (including phenoxy) is 1. The molecule has 0 saturated heterocycles. The van der Waals surface area contributed by atoms with Gasteiger partial charge in [0.2, 0.25) is 0 Å². The molecule has 0 saturated carbocycles. The van der Waals surface area contributed by atoms with Crippen molar-refractivity contribution >= 4 is 11.3 Å². The van der Waals surface area contributed by atoms with Crippen LogP contribution in [0.3, 0.4) is 0 Å². The van der Waals surface area contributed by atoms with Crippen molar-refractivity contribution in [2.45, 2.75) is 52.2 Å². The first-order valence-electron chi connectivity index (χ1n) is 6.31. The molecule has 1 heterocycles. The fourth-order valence-corrected chi connectivity index (χ4v) is 2.49. The lowest BCUT2D eigenvalue weighted by Gasteiger charge is -2.06. The summed E-state index contributed by atoms with van der Waals surface area (Å²) in [6.45, 7) is 7.49. The Morgan fingerprint density at radius 1 is 1.41 bits per heavy atom. The molecule has 17 heavy (non-hydrogen) atoms. The van der Waals surface area contributed by atoms with Crippen LogP contribution in [-0.2, 0) is 17.6 Å². The molecule has 0 spiro atoms. The molecule has 1 aromatic heterocycles. The van der Waals surface area contributed by atoms with E-state index < -0.39 is 0 Å². The summed E-state index contributed by atoms with van der Waals surface area (Å²) in [5, 5.41) is 6.78. The largest absolute Gasteiger partial charge is 0.381 e. The first-order chi connectivity index (χ1) is 8.11. The number of methoxy groups -OCH3 is 1. The van der Waals surface area contributed by atoms with Gasteiger partial charge in [0.15, 0.2) is 0 Å². The van der Waals surface area contributed by atoms with Crippen LogP contribution >= 0.6 is 11.3 Å². The number of nitrogens with zero attached hydrogens (tertiary/aromatic N) is 1. The zero-order valence-corrected chi connectivity index (χ0v) is 12.1. The summed E-state index contributed by atoms with van der Waals surface area (Å²) in [4.78, 5) is 4.63. The second-order valence-corrected chi connectivity index (χ2v) is 5.64. The van der Waals surface area contributed by atoms with Crippen molar-refractivity contribution < 1.29 is 4.74 Å². The van der Waals surface area contributed by atoms with E-state index in [0.717, 1.165) is 25.8 Å². The molecule has 0 aliphatic rings. The molecule has 0 bridgehead atoms. The van der Waals surface area contributed by atoms with Crippen molar-refractivity contribution in [3.05, 3.63) is 16.1 Å². The van der Waals surface area contributed by atoms with Gasteiger partial charge in [-0.15, -0.1) is 11.3 Å². The van der Waals surface area contributed by atoms with Crippen molar-refractivity contribution in [2.75, 3.05) is 13.7 Å². The quantitative estimate of drug-likeness (QED) is 0.726. The minimum atomic E-state index is 0.261. The Balaban J connectivity index is 2.26. The lowest BCUT2D eigenvalue weighted by Crippen LogP contribution is -2.23. The number of hydrogen-bond acceptors (Lipinski definition) is 4. The molecule has 0 aliphatic heterocycles. The van der Waals surface area contributed by atoms with E-state index in [2.05, 4.69) is 36.5 Å². The second-order valence-electron chi connectivity index (χ2n) is 4.70. The van der Waals surface area contributed by atoms with Crippen LogP contribution in [0.5, 0.6) is 0 Å². The monoisotopic (exact) mass is 256 g/mol. The predicted octanol–water partition coefficient (Wildman–Crippen LogP) is 2.65. The molecule has 1 N–H and O–H groups in total. The van der Waals surface area contributed by atoms with Gasteiger partial charge in [0.1, 0.15) is 0 Å². The topological polar surface area (TPSA) is 34.1 Å². The number of thiazole rings is 1. The van der Waals surface area contributed by atoms with Gasteiger partial charge in [-0.25, -0.2) is 4.98 Å². The molecule has 1 atom stereocenters. The molecule has 0 amide bonds. The highest BCUT2D eigenvalue weighted by molar-refractivity contribution is 7.09. The standard InChI is InChI=1S/C13H24N2OS/c1-10(2)14-7-5-6-12-9-17-13(15-12)8-11(3)16-4/h9-11,14H,5-8H2,1-4H3. The molecule has 1 unspecified atom stereocenters. The molecule has 0 aromatic carbocycles. The molecular weight excluding hydrogens is 232 g/mol. The van der Waals surface area contributed by atoms with Gasteiger partial charge >= 0.3 is 0 Å². The van der Waals surface area contributed by atoms with Gasteiger partial charge in [-0.3, -0.25) is 0 Å². The van der Waals surface area contributed by atoms with Crippen LogP contribution in [0, 0.1) is 0 Å². The fraction of sp³-hybridized carbons (Fsp3) is 0.769. The van der Waals surface area contributed by atoms with E-state index in [1.807, 2.05) is 0 Å². The first-order valence-corrected chi connectivity index (χ1v) is 7.19. The Kier molecular flexibility index (Phi) is 6.70. The third-order valence-electron chi connectivity index (χ3n) is 2.63. The highest BCUT2D eigenvalue weighted by Gasteiger charge is 2.06. The average molecular weight is 256 g/mol. The third-order valence-corrected chi connectivity index (χ3v) is 3.55. The van der Waals surface area contributed by atoms with E-state index in [0.29, 0.717) is 6.04 Å². The lowest BCUT2D eigenvalue weighted by molar-refractivity contribution is 0.118. The average Bonchev–Trinajstić information content (AvgIpc) is 2.72. The highest BCUT2D eigenvalue weighted by atomic mass is 32.1. The number of aromatic nitrogens is 1. The van der Waals surface area contributed by atoms with Crippen LogP contribution in [0.2, 0.25) is 0 Å². The van der Waals surface area contributed by atoms with Gasteiger partial charge in [0.05, 0.1) is 16.8 Å². The molecule has 98 valence electrons. The predicted molar refractivity (Wildman–Crippen MR) is 73.7 cm³/mol. The number of hydrogen-bond donors (Lipinski definition) is 1. The summed E-state index contributed by atoms with van der Waals surface area (Å²) in [6, 6.07) is 0.573. The summed E-state index contributed by atoms with van der Waals surface area (Å²) < 4.78 is 5.24. The van der Waals surface area contributed by atoms with E-state index >= 15 is 0 Å². The molecule has 4 heteroatoms. The van der Waals surface area contributed by atoms with Gasteiger partial charge in [-0.2, -0.15) is 0 Å². The minimum Gasteiger partial charge on any atom is -0.381 e. The van der Waals surface area contributed by atoms with Crippen molar-refractivity contribution in [3.8, 4) is 0 Å². The Bertz CT molecular complexity index is 312. The highest BCUT2D eigenvalue weighted by Crippen LogP contribution is 2.14. The molecule has 3 nitrogen and oxygen atoms in total. The normalized spacial score (nSPS) is 13.2. The van der Waals surface area contributed by atoms with Gasteiger partial charge in [-0.1, -0.05) is 13.8 Å². The molecule has 1 rings (SSSR count). The van der Waals surface area contributed by atoms with Gasteiger partial charge in [0, 0.05) is 25.0 Å². The second kappa shape index (κ2) is 7.80.